The normalized spacial score (nSPS) is 11.6. The second-order valence-corrected chi connectivity index (χ2v) is 5.77. The molecule has 0 atom stereocenters. The molecule has 2 rings (SSSR count). The van der Waals surface area contributed by atoms with Gasteiger partial charge in [0.25, 0.3) is 0 Å². The van der Waals surface area contributed by atoms with Crippen LogP contribution < -0.4 is 0 Å². The molecule has 1 aromatic carbocycles. The third-order valence-electron chi connectivity index (χ3n) is 2.28. The van der Waals surface area contributed by atoms with Crippen molar-refractivity contribution in [1.29, 1.82) is 0 Å². The van der Waals surface area contributed by atoms with Crippen LogP contribution in [0.2, 0.25) is 5.15 Å². The van der Waals surface area contributed by atoms with E-state index >= 15 is 0 Å². The van der Waals surface area contributed by atoms with E-state index in [1.165, 1.54) is 12.3 Å². The van der Waals surface area contributed by atoms with E-state index in [0.717, 1.165) is 5.56 Å². The van der Waals surface area contributed by atoms with E-state index < -0.39 is 9.84 Å². The fourth-order valence-corrected chi connectivity index (χ4v) is 3.11. The Morgan fingerprint density at radius 3 is 2.25 bits per heavy atom. The largest absolute Gasteiger partial charge is 0.351 e. The first-order chi connectivity index (χ1) is 7.51. The van der Waals surface area contributed by atoms with Gasteiger partial charge >= 0.3 is 0 Å². The van der Waals surface area contributed by atoms with Crippen LogP contribution in [0.25, 0.3) is 0 Å². The molecule has 0 aliphatic heterocycles. The van der Waals surface area contributed by atoms with E-state index in [9.17, 15) is 8.42 Å². The Kier molecular flexibility index (Phi) is 2.78. The number of hydrogen-bond acceptors (Lipinski definition) is 2. The SMILES string of the molecule is Cc1ccc(S(=O)(=O)c2cc[nH]c2Cl)cc1. The molecule has 1 N–H and O–H groups in total. The van der Waals surface area contributed by atoms with Crippen LogP contribution >= 0.6 is 11.6 Å². The van der Waals surface area contributed by atoms with E-state index in [4.69, 9.17) is 11.6 Å². The first kappa shape index (κ1) is 11.2. The van der Waals surface area contributed by atoms with Gasteiger partial charge in [-0.15, -0.1) is 0 Å². The van der Waals surface area contributed by atoms with Crippen LogP contribution in [0.3, 0.4) is 0 Å². The van der Waals surface area contributed by atoms with Crippen LogP contribution in [0.4, 0.5) is 0 Å². The molecule has 0 radical (unpaired) electrons. The zero-order valence-corrected chi connectivity index (χ0v) is 10.1. The van der Waals surface area contributed by atoms with E-state index in [0.29, 0.717) is 0 Å². The topological polar surface area (TPSA) is 49.9 Å². The van der Waals surface area contributed by atoms with Crippen molar-refractivity contribution >= 4 is 21.4 Å². The minimum atomic E-state index is -3.51. The van der Waals surface area contributed by atoms with Crippen LogP contribution in [0.1, 0.15) is 5.56 Å². The average molecular weight is 256 g/mol. The summed E-state index contributed by atoms with van der Waals surface area (Å²) < 4.78 is 24.2. The summed E-state index contributed by atoms with van der Waals surface area (Å²) in [6.07, 6.45) is 1.50. The number of rotatable bonds is 2. The van der Waals surface area contributed by atoms with Crippen LogP contribution in [0.15, 0.2) is 46.3 Å². The van der Waals surface area contributed by atoms with Crippen molar-refractivity contribution in [3.05, 3.63) is 47.2 Å². The molecule has 0 bridgehead atoms. The highest BCUT2D eigenvalue weighted by Gasteiger charge is 2.21. The molecule has 3 nitrogen and oxygen atoms in total. The van der Waals surface area contributed by atoms with Crippen LogP contribution in [-0.2, 0) is 9.84 Å². The maximum Gasteiger partial charge on any atom is 0.209 e. The molecule has 0 fully saturated rings. The van der Waals surface area contributed by atoms with E-state index in [1.54, 1.807) is 24.3 Å². The summed E-state index contributed by atoms with van der Waals surface area (Å²) in [5.41, 5.74) is 1.01. The molecular weight excluding hydrogens is 246 g/mol. The predicted molar refractivity (Wildman–Crippen MR) is 62.4 cm³/mol. The summed E-state index contributed by atoms with van der Waals surface area (Å²) in [6.45, 7) is 1.90. The molecule has 2 aromatic rings. The van der Waals surface area contributed by atoms with E-state index in [2.05, 4.69) is 4.98 Å². The third-order valence-corrected chi connectivity index (χ3v) is 4.52. The number of aryl methyl sites for hydroxylation is 1. The van der Waals surface area contributed by atoms with Gasteiger partial charge in [-0.3, -0.25) is 0 Å². The Hall–Kier alpha value is -1.26. The van der Waals surface area contributed by atoms with Gasteiger partial charge in [-0.25, -0.2) is 8.42 Å². The lowest BCUT2D eigenvalue weighted by Crippen LogP contribution is -2.01. The minimum absolute atomic E-state index is 0.109. The molecule has 0 aliphatic carbocycles. The summed E-state index contributed by atoms with van der Waals surface area (Å²) in [4.78, 5) is 3.00. The van der Waals surface area contributed by atoms with Gasteiger partial charge in [0.1, 0.15) is 10.0 Å². The summed E-state index contributed by atoms with van der Waals surface area (Å²) >= 11 is 5.77. The Bertz CT molecular complexity index is 599. The lowest BCUT2D eigenvalue weighted by atomic mass is 10.2. The Balaban J connectivity index is 2.56. The van der Waals surface area contributed by atoms with E-state index in [-0.39, 0.29) is 14.9 Å². The second-order valence-electron chi connectivity index (χ2n) is 3.47. The monoisotopic (exact) mass is 255 g/mol. The molecule has 0 unspecified atom stereocenters. The quantitative estimate of drug-likeness (QED) is 0.897. The number of benzene rings is 1. The van der Waals surface area contributed by atoms with Crippen molar-refractivity contribution in [3.8, 4) is 0 Å². The third kappa shape index (κ3) is 1.86. The highest BCUT2D eigenvalue weighted by atomic mass is 35.5. The summed E-state index contributed by atoms with van der Waals surface area (Å²) in [5, 5.41) is 0.139. The molecule has 0 amide bonds. The Morgan fingerprint density at radius 1 is 1.12 bits per heavy atom. The Labute approximate surface area is 99.0 Å². The van der Waals surface area contributed by atoms with Gasteiger partial charge in [0, 0.05) is 6.20 Å². The molecule has 0 spiro atoms. The molecule has 84 valence electrons. The number of aromatic nitrogens is 1. The molecule has 5 heteroatoms. The zero-order chi connectivity index (χ0) is 11.8. The number of hydrogen-bond donors (Lipinski definition) is 1. The number of H-pyrrole nitrogens is 1. The van der Waals surface area contributed by atoms with Crippen LogP contribution in [-0.4, -0.2) is 13.4 Å². The molecular formula is C11H10ClNO2S. The number of aromatic amines is 1. The molecule has 16 heavy (non-hydrogen) atoms. The first-order valence-corrected chi connectivity index (χ1v) is 6.52. The van der Waals surface area contributed by atoms with Gasteiger partial charge in [-0.2, -0.15) is 0 Å². The summed E-state index contributed by atoms with van der Waals surface area (Å²) in [5.74, 6) is 0. The second kappa shape index (κ2) is 3.96. The van der Waals surface area contributed by atoms with Crippen molar-refractivity contribution in [2.75, 3.05) is 0 Å². The van der Waals surface area contributed by atoms with Crippen molar-refractivity contribution in [3.63, 3.8) is 0 Å². The van der Waals surface area contributed by atoms with Crippen molar-refractivity contribution < 1.29 is 8.42 Å². The standard InChI is InChI=1S/C11H10ClNO2S/c1-8-2-4-9(5-3-8)16(14,15)10-6-7-13-11(10)12/h2-7,13H,1H3. The predicted octanol–water partition coefficient (Wildman–Crippen LogP) is 2.81. The fraction of sp³-hybridized carbons (Fsp3) is 0.0909. The van der Waals surface area contributed by atoms with Crippen LogP contribution in [0.5, 0.6) is 0 Å². The molecule has 1 aromatic heterocycles. The number of halogens is 1. The zero-order valence-electron chi connectivity index (χ0n) is 8.57. The maximum absolute atomic E-state index is 12.1. The smallest absolute Gasteiger partial charge is 0.209 e. The lowest BCUT2D eigenvalue weighted by Gasteiger charge is -2.03. The molecule has 0 saturated heterocycles. The van der Waals surface area contributed by atoms with Crippen molar-refractivity contribution in [1.82, 2.24) is 4.98 Å². The van der Waals surface area contributed by atoms with Crippen molar-refractivity contribution in [2.24, 2.45) is 0 Å². The average Bonchev–Trinajstić information content (AvgIpc) is 2.66. The van der Waals surface area contributed by atoms with Gasteiger partial charge in [-0.05, 0) is 25.1 Å². The number of sulfone groups is 1. The molecule has 0 saturated carbocycles. The maximum atomic E-state index is 12.1. The fourth-order valence-electron chi connectivity index (χ4n) is 1.39. The molecule has 1 heterocycles. The van der Waals surface area contributed by atoms with Gasteiger partial charge in [0.15, 0.2) is 0 Å². The highest BCUT2D eigenvalue weighted by molar-refractivity contribution is 7.91. The van der Waals surface area contributed by atoms with Crippen LogP contribution in [0, 0.1) is 6.92 Å². The number of nitrogens with one attached hydrogen (secondary N) is 1. The minimum Gasteiger partial charge on any atom is -0.351 e. The molecule has 0 aliphatic rings. The lowest BCUT2D eigenvalue weighted by molar-refractivity contribution is 0.596. The van der Waals surface area contributed by atoms with Gasteiger partial charge in [-0.1, -0.05) is 29.3 Å². The first-order valence-electron chi connectivity index (χ1n) is 4.66. The van der Waals surface area contributed by atoms with Gasteiger partial charge in [0.2, 0.25) is 9.84 Å². The van der Waals surface area contributed by atoms with E-state index in [1.807, 2.05) is 6.92 Å². The Morgan fingerprint density at radius 2 is 1.75 bits per heavy atom. The van der Waals surface area contributed by atoms with Crippen molar-refractivity contribution in [2.45, 2.75) is 16.7 Å². The van der Waals surface area contributed by atoms with Gasteiger partial charge in [0.05, 0.1) is 4.90 Å². The summed E-state index contributed by atoms with van der Waals surface area (Å²) in [7, 11) is -3.51. The van der Waals surface area contributed by atoms with Gasteiger partial charge < -0.3 is 4.98 Å². The summed E-state index contributed by atoms with van der Waals surface area (Å²) in [6, 6.07) is 8.13. The highest BCUT2D eigenvalue weighted by Crippen LogP contribution is 2.26.